The molecule has 0 radical (unpaired) electrons. The molecule has 2 heterocycles. The maximum absolute atomic E-state index is 11.9. The van der Waals surface area contributed by atoms with Crippen molar-refractivity contribution in [1.82, 2.24) is 15.5 Å². The van der Waals surface area contributed by atoms with Crippen molar-refractivity contribution in [3.63, 3.8) is 0 Å². The van der Waals surface area contributed by atoms with Crippen molar-refractivity contribution in [2.24, 2.45) is 0 Å². The number of carboxylic acid groups (broad SMARTS) is 1. The molecular weight excluding hydrogens is 250 g/mol. The summed E-state index contributed by atoms with van der Waals surface area (Å²) in [7, 11) is 2.00. The summed E-state index contributed by atoms with van der Waals surface area (Å²) in [5.41, 5.74) is -1.19. The van der Waals surface area contributed by atoms with Crippen LogP contribution in [0.4, 0.5) is 4.79 Å². The number of carbonyl (C=O) groups excluding carboxylic acids is 1. The molecule has 0 bridgehead atoms. The number of carbonyl (C=O) groups is 2. The van der Waals surface area contributed by atoms with Gasteiger partial charge in [-0.1, -0.05) is 0 Å². The third kappa shape index (κ3) is 3.36. The normalized spacial score (nSPS) is 26.9. The summed E-state index contributed by atoms with van der Waals surface area (Å²) in [6.45, 7) is 2.47. The van der Waals surface area contributed by atoms with Crippen molar-refractivity contribution >= 4 is 12.0 Å². The molecule has 0 aromatic heterocycles. The minimum absolute atomic E-state index is 0.0932. The number of ether oxygens (including phenoxy) is 1. The van der Waals surface area contributed by atoms with Crippen molar-refractivity contribution < 1.29 is 19.4 Å². The number of urea groups is 1. The largest absolute Gasteiger partial charge is 0.480 e. The number of hydrogen-bond donors (Lipinski definition) is 3. The predicted octanol–water partition coefficient (Wildman–Crippen LogP) is -0.376. The summed E-state index contributed by atoms with van der Waals surface area (Å²) in [4.78, 5) is 25.5. The maximum Gasteiger partial charge on any atom is 0.329 e. The highest BCUT2D eigenvalue weighted by molar-refractivity contribution is 5.86. The first-order valence-electron chi connectivity index (χ1n) is 6.60. The zero-order chi connectivity index (χ0) is 13.9. The lowest BCUT2D eigenvalue weighted by molar-refractivity contribution is -0.148. The number of nitrogens with zero attached hydrogens (tertiary/aromatic N) is 1. The lowest BCUT2D eigenvalue weighted by atomic mass is 9.90. The van der Waals surface area contributed by atoms with Crippen LogP contribution in [0.3, 0.4) is 0 Å². The monoisotopic (exact) mass is 271 g/mol. The molecule has 0 saturated carbocycles. The molecule has 0 aromatic carbocycles. The highest BCUT2D eigenvalue weighted by Crippen LogP contribution is 2.21. The second kappa shape index (κ2) is 5.75. The Kier molecular flexibility index (Phi) is 4.26. The van der Waals surface area contributed by atoms with Crippen LogP contribution in [-0.4, -0.2) is 66.9 Å². The molecule has 2 fully saturated rings. The van der Waals surface area contributed by atoms with Gasteiger partial charge in [0, 0.05) is 38.6 Å². The molecule has 108 valence electrons. The van der Waals surface area contributed by atoms with E-state index in [1.54, 1.807) is 0 Å². The Morgan fingerprint density at radius 2 is 2.05 bits per heavy atom. The van der Waals surface area contributed by atoms with Gasteiger partial charge < -0.3 is 25.4 Å². The highest BCUT2D eigenvalue weighted by Gasteiger charge is 2.42. The van der Waals surface area contributed by atoms with E-state index in [1.807, 2.05) is 7.05 Å². The fourth-order valence-corrected chi connectivity index (χ4v) is 2.60. The molecule has 0 spiro atoms. The fraction of sp³-hybridized carbons (Fsp3) is 0.833. The Bertz CT molecular complexity index is 355. The molecule has 7 heteroatoms. The summed E-state index contributed by atoms with van der Waals surface area (Å²) in [5.74, 6) is -0.991. The molecule has 1 unspecified atom stereocenters. The molecule has 1 atom stereocenters. The molecule has 2 saturated heterocycles. The quantitative estimate of drug-likeness (QED) is 0.651. The van der Waals surface area contributed by atoms with E-state index in [4.69, 9.17) is 4.74 Å². The van der Waals surface area contributed by atoms with Gasteiger partial charge in [0.1, 0.15) is 5.54 Å². The Hall–Kier alpha value is -1.34. The third-order valence-electron chi connectivity index (χ3n) is 3.84. The number of amides is 2. The zero-order valence-corrected chi connectivity index (χ0v) is 11.1. The van der Waals surface area contributed by atoms with Gasteiger partial charge in [0.2, 0.25) is 0 Å². The Labute approximate surface area is 112 Å². The van der Waals surface area contributed by atoms with Gasteiger partial charge in [0.25, 0.3) is 0 Å². The molecule has 19 heavy (non-hydrogen) atoms. The van der Waals surface area contributed by atoms with Gasteiger partial charge in [-0.3, -0.25) is 0 Å². The molecule has 0 aliphatic carbocycles. The SMILES string of the molecule is CN1CCC(NC(=O)NC2(C(=O)O)CCOCC2)C1. The molecule has 2 amide bonds. The first kappa shape index (κ1) is 14.1. The van der Waals surface area contributed by atoms with Gasteiger partial charge >= 0.3 is 12.0 Å². The van der Waals surface area contributed by atoms with Crippen molar-refractivity contribution in [3.8, 4) is 0 Å². The van der Waals surface area contributed by atoms with Gasteiger partial charge in [-0.2, -0.15) is 0 Å². The highest BCUT2D eigenvalue weighted by atomic mass is 16.5. The van der Waals surface area contributed by atoms with Gasteiger partial charge in [-0.15, -0.1) is 0 Å². The number of likely N-dealkylation sites (tertiary alicyclic amines) is 1. The summed E-state index contributed by atoms with van der Waals surface area (Å²) in [6, 6.07) is -0.305. The van der Waals surface area contributed by atoms with Gasteiger partial charge in [-0.25, -0.2) is 9.59 Å². The number of nitrogens with one attached hydrogen (secondary N) is 2. The average Bonchev–Trinajstić information content (AvgIpc) is 2.75. The first-order valence-corrected chi connectivity index (χ1v) is 6.60. The third-order valence-corrected chi connectivity index (χ3v) is 3.84. The lowest BCUT2D eigenvalue weighted by Gasteiger charge is -2.34. The van der Waals surface area contributed by atoms with Crippen LogP contribution in [0, 0.1) is 0 Å². The standard InChI is InChI=1S/C12H21N3O4/c1-15-5-2-9(8-15)13-11(18)14-12(10(16)17)3-6-19-7-4-12/h9H,2-8H2,1H3,(H,16,17)(H2,13,14,18). The van der Waals surface area contributed by atoms with E-state index in [1.165, 1.54) is 0 Å². The van der Waals surface area contributed by atoms with Crippen LogP contribution in [0.25, 0.3) is 0 Å². The molecule has 3 N–H and O–H groups in total. The van der Waals surface area contributed by atoms with Crippen LogP contribution in [0.1, 0.15) is 19.3 Å². The second-order valence-corrected chi connectivity index (χ2v) is 5.35. The predicted molar refractivity (Wildman–Crippen MR) is 68.0 cm³/mol. The average molecular weight is 271 g/mol. The fourth-order valence-electron chi connectivity index (χ4n) is 2.60. The topological polar surface area (TPSA) is 90.9 Å². The van der Waals surface area contributed by atoms with E-state index in [9.17, 15) is 14.7 Å². The van der Waals surface area contributed by atoms with Crippen LogP contribution >= 0.6 is 0 Å². The zero-order valence-electron chi connectivity index (χ0n) is 11.1. The molecule has 7 nitrogen and oxygen atoms in total. The number of likely N-dealkylation sites (N-methyl/N-ethyl adjacent to an activating group) is 1. The van der Waals surface area contributed by atoms with Gasteiger partial charge in [0.05, 0.1) is 0 Å². The number of carboxylic acids is 1. The summed E-state index contributed by atoms with van der Waals surface area (Å²) >= 11 is 0. The Morgan fingerprint density at radius 3 is 2.58 bits per heavy atom. The molecule has 0 aromatic rings. The van der Waals surface area contributed by atoms with Gasteiger partial charge in [0.15, 0.2) is 0 Å². The molecule has 2 aliphatic rings. The van der Waals surface area contributed by atoms with E-state index in [0.717, 1.165) is 19.5 Å². The summed E-state index contributed by atoms with van der Waals surface area (Å²) in [5, 5.41) is 14.8. The van der Waals surface area contributed by atoms with Gasteiger partial charge in [-0.05, 0) is 20.0 Å². The number of aliphatic carboxylic acids is 1. The van der Waals surface area contributed by atoms with Crippen molar-refractivity contribution in [3.05, 3.63) is 0 Å². The van der Waals surface area contributed by atoms with Crippen molar-refractivity contribution in [2.45, 2.75) is 30.8 Å². The summed E-state index contributed by atoms with van der Waals surface area (Å²) in [6.07, 6.45) is 1.51. The van der Waals surface area contributed by atoms with E-state index >= 15 is 0 Å². The van der Waals surface area contributed by atoms with Crippen LogP contribution in [0.15, 0.2) is 0 Å². The minimum Gasteiger partial charge on any atom is -0.480 e. The minimum atomic E-state index is -1.19. The van der Waals surface area contributed by atoms with Crippen molar-refractivity contribution in [1.29, 1.82) is 0 Å². The van der Waals surface area contributed by atoms with Crippen LogP contribution in [-0.2, 0) is 9.53 Å². The van der Waals surface area contributed by atoms with Crippen molar-refractivity contribution in [2.75, 3.05) is 33.4 Å². The van der Waals surface area contributed by atoms with Crippen LogP contribution < -0.4 is 10.6 Å². The van der Waals surface area contributed by atoms with Crippen LogP contribution in [0.5, 0.6) is 0 Å². The van der Waals surface area contributed by atoms with E-state index in [0.29, 0.717) is 26.1 Å². The van der Waals surface area contributed by atoms with E-state index in [2.05, 4.69) is 15.5 Å². The Morgan fingerprint density at radius 1 is 1.37 bits per heavy atom. The van der Waals surface area contributed by atoms with Crippen LogP contribution in [0.2, 0.25) is 0 Å². The Balaban J connectivity index is 1.90. The molecule has 2 aliphatic heterocycles. The molecule has 2 rings (SSSR count). The smallest absolute Gasteiger partial charge is 0.329 e. The second-order valence-electron chi connectivity index (χ2n) is 5.35. The summed E-state index contributed by atoms with van der Waals surface area (Å²) < 4.78 is 5.16. The molecular formula is C12H21N3O4. The first-order chi connectivity index (χ1) is 9.02. The lowest BCUT2D eigenvalue weighted by Crippen LogP contribution is -2.60. The van der Waals surface area contributed by atoms with E-state index < -0.39 is 17.5 Å². The maximum atomic E-state index is 11.9. The van der Waals surface area contributed by atoms with E-state index in [-0.39, 0.29) is 6.04 Å². The number of hydrogen-bond acceptors (Lipinski definition) is 4. The number of rotatable bonds is 3.